The summed E-state index contributed by atoms with van der Waals surface area (Å²) in [4.78, 5) is 38.8. The van der Waals surface area contributed by atoms with Crippen molar-refractivity contribution in [2.45, 2.75) is 39.0 Å². The predicted octanol–water partition coefficient (Wildman–Crippen LogP) is 3.77. The van der Waals surface area contributed by atoms with Gasteiger partial charge in [0.05, 0.1) is 23.6 Å². The van der Waals surface area contributed by atoms with Crippen LogP contribution in [0, 0.1) is 5.92 Å². The number of hydrogen-bond acceptors (Lipinski definition) is 6. The molecule has 42 heavy (non-hydrogen) atoms. The van der Waals surface area contributed by atoms with Crippen LogP contribution in [-0.4, -0.2) is 45.8 Å². The summed E-state index contributed by atoms with van der Waals surface area (Å²) in [5, 5.41) is 12.3. The van der Waals surface area contributed by atoms with Gasteiger partial charge in [-0.25, -0.2) is 9.59 Å². The lowest BCUT2D eigenvalue weighted by Gasteiger charge is -2.31. The third-order valence-electron chi connectivity index (χ3n) is 7.55. The highest BCUT2D eigenvalue weighted by molar-refractivity contribution is 6.00. The molecule has 2 aliphatic heterocycles. The maximum atomic E-state index is 12.8. The van der Waals surface area contributed by atoms with Crippen LogP contribution in [0.1, 0.15) is 36.9 Å². The van der Waals surface area contributed by atoms with Gasteiger partial charge in [-0.15, -0.1) is 0 Å². The van der Waals surface area contributed by atoms with Crippen molar-refractivity contribution in [1.29, 1.82) is 0 Å². The van der Waals surface area contributed by atoms with Crippen LogP contribution in [0.4, 0.5) is 9.59 Å². The Hall–Kier alpha value is -5.06. The zero-order chi connectivity index (χ0) is 29.6. The van der Waals surface area contributed by atoms with Gasteiger partial charge in [-0.2, -0.15) is 5.10 Å². The number of piperidine rings is 1. The van der Waals surface area contributed by atoms with E-state index in [1.807, 2.05) is 78.6 Å². The van der Waals surface area contributed by atoms with Crippen molar-refractivity contribution in [2.24, 2.45) is 11.7 Å². The van der Waals surface area contributed by atoms with E-state index >= 15 is 0 Å². The van der Waals surface area contributed by atoms with E-state index in [1.165, 1.54) is 0 Å². The number of rotatable bonds is 8. The Kier molecular flexibility index (Phi) is 8.56. The van der Waals surface area contributed by atoms with E-state index in [4.69, 9.17) is 10.5 Å². The maximum Gasteiger partial charge on any atom is 0.410 e. The Balaban J connectivity index is 1.13. The van der Waals surface area contributed by atoms with Gasteiger partial charge in [0, 0.05) is 31.4 Å². The summed E-state index contributed by atoms with van der Waals surface area (Å²) in [5.74, 6) is -0.0875. The van der Waals surface area contributed by atoms with E-state index < -0.39 is 11.9 Å². The van der Waals surface area contributed by atoms with Gasteiger partial charge in [0.25, 0.3) is 5.91 Å². The number of ether oxygens (including phenoxy) is 1. The molecule has 5 N–H and O–H groups in total. The van der Waals surface area contributed by atoms with Gasteiger partial charge in [0.15, 0.2) is 0 Å². The Labute approximate surface area is 244 Å². The quantitative estimate of drug-likeness (QED) is 0.325. The normalized spacial score (nSPS) is 16.5. The van der Waals surface area contributed by atoms with E-state index in [9.17, 15) is 14.4 Å². The second-order valence-corrected chi connectivity index (χ2v) is 10.6. The number of nitrogens with zero attached hydrogens (tertiary/aromatic N) is 3. The average Bonchev–Trinajstić information content (AvgIpc) is 3.47. The lowest BCUT2D eigenvalue weighted by atomic mass is 9.97. The summed E-state index contributed by atoms with van der Waals surface area (Å²) < 4.78 is 7.43. The number of hydrogen-bond donors (Lipinski definition) is 4. The molecular weight excluding hydrogens is 534 g/mol. The molecule has 1 atom stereocenters. The van der Waals surface area contributed by atoms with Crippen molar-refractivity contribution >= 4 is 18.0 Å². The van der Waals surface area contributed by atoms with E-state index in [0.717, 1.165) is 41.6 Å². The molecule has 1 aromatic heterocycles. The number of nitrogens with one attached hydrogen (secondary N) is 3. The van der Waals surface area contributed by atoms with Crippen LogP contribution in [0.2, 0.25) is 0 Å². The fraction of sp³-hybridized carbons (Fsp3) is 0.290. The second kappa shape index (κ2) is 12.6. The number of amides is 4. The van der Waals surface area contributed by atoms with Crippen LogP contribution in [0.15, 0.2) is 90.7 Å². The molecule has 1 fully saturated rings. The molecule has 11 nitrogen and oxygen atoms in total. The number of aromatic nitrogens is 2. The minimum atomic E-state index is -0.557. The summed E-state index contributed by atoms with van der Waals surface area (Å²) in [7, 11) is 0. The second-order valence-electron chi connectivity index (χ2n) is 10.6. The first-order valence-electron chi connectivity index (χ1n) is 13.9. The highest BCUT2D eigenvalue weighted by Crippen LogP contribution is 2.25. The van der Waals surface area contributed by atoms with Crippen molar-refractivity contribution in [1.82, 2.24) is 30.6 Å². The molecule has 11 heteroatoms. The molecule has 0 aliphatic carbocycles. The van der Waals surface area contributed by atoms with Crippen molar-refractivity contribution in [2.75, 3.05) is 13.1 Å². The molecule has 2 aliphatic rings. The number of carbonyl (C=O) groups excluding carboxylic acids is 3. The van der Waals surface area contributed by atoms with Crippen LogP contribution < -0.4 is 21.7 Å². The van der Waals surface area contributed by atoms with Crippen LogP contribution in [0.3, 0.4) is 0 Å². The minimum Gasteiger partial charge on any atom is -0.445 e. The summed E-state index contributed by atoms with van der Waals surface area (Å²) in [6, 6.07) is 16.6. The van der Waals surface area contributed by atoms with E-state index in [0.29, 0.717) is 19.0 Å². The van der Waals surface area contributed by atoms with E-state index in [-0.39, 0.29) is 35.8 Å². The molecule has 0 saturated carbocycles. The lowest BCUT2D eigenvalue weighted by Crippen LogP contribution is -2.47. The number of nitrogens with two attached hydrogens (primary N) is 1. The predicted molar refractivity (Wildman–Crippen MR) is 157 cm³/mol. The van der Waals surface area contributed by atoms with Gasteiger partial charge in [0.1, 0.15) is 12.3 Å². The van der Waals surface area contributed by atoms with Gasteiger partial charge in [-0.05, 0) is 48.4 Å². The number of benzene rings is 2. The highest BCUT2D eigenvalue weighted by Gasteiger charge is 2.26. The Bertz CT molecular complexity index is 1510. The smallest absolute Gasteiger partial charge is 0.410 e. The molecule has 218 valence electrons. The molecule has 5 rings (SSSR count). The Morgan fingerprint density at radius 1 is 1.12 bits per heavy atom. The van der Waals surface area contributed by atoms with Gasteiger partial charge < -0.3 is 31.3 Å². The van der Waals surface area contributed by atoms with Gasteiger partial charge in [-0.1, -0.05) is 55.1 Å². The SMILES string of the molecule is C=C1NC(=O)NC(C(=O)N[C@H](C)c2cccc(-c3cnn(CC4CCN(C(=O)OCc5ccccc5)CC4)c3)c2)=C1N. The molecule has 3 aromatic rings. The van der Waals surface area contributed by atoms with Gasteiger partial charge in [-0.3, -0.25) is 9.48 Å². The maximum absolute atomic E-state index is 12.8. The average molecular weight is 570 g/mol. The third kappa shape index (κ3) is 6.80. The Morgan fingerprint density at radius 2 is 1.88 bits per heavy atom. The zero-order valence-corrected chi connectivity index (χ0v) is 23.5. The first-order valence-corrected chi connectivity index (χ1v) is 13.9. The van der Waals surface area contributed by atoms with E-state index in [2.05, 4.69) is 27.6 Å². The largest absolute Gasteiger partial charge is 0.445 e. The number of likely N-dealkylation sites (tertiary alicyclic amines) is 1. The van der Waals surface area contributed by atoms with Crippen molar-refractivity contribution in [3.05, 3.63) is 102 Å². The lowest BCUT2D eigenvalue weighted by molar-refractivity contribution is -0.118. The topological polar surface area (TPSA) is 144 Å². The number of carbonyl (C=O) groups is 3. The van der Waals surface area contributed by atoms with Crippen molar-refractivity contribution in [3.8, 4) is 11.1 Å². The van der Waals surface area contributed by atoms with Crippen LogP contribution in [0.5, 0.6) is 0 Å². The number of urea groups is 1. The molecule has 0 unspecified atom stereocenters. The molecule has 1 saturated heterocycles. The van der Waals surface area contributed by atoms with Crippen LogP contribution >= 0.6 is 0 Å². The molecule has 4 amide bonds. The summed E-state index contributed by atoms with van der Waals surface area (Å²) in [6.45, 7) is 7.89. The summed E-state index contributed by atoms with van der Waals surface area (Å²) in [5.41, 5.74) is 9.98. The van der Waals surface area contributed by atoms with Crippen LogP contribution in [0.25, 0.3) is 11.1 Å². The summed E-state index contributed by atoms with van der Waals surface area (Å²) in [6.07, 6.45) is 5.35. The standard InChI is InChI=1S/C31H35N7O4/c1-20(34-29(39)28-27(32)21(2)35-30(40)36-28)24-9-6-10-25(15-24)26-16-33-38(18-26)17-22-11-13-37(14-12-22)31(41)42-19-23-7-4-3-5-8-23/h3-10,15-16,18,20,22H,2,11-14,17,19,32H2,1H3,(H,34,39)(H2,35,36,40)/t20-/m1/s1. The zero-order valence-electron chi connectivity index (χ0n) is 23.5. The molecule has 0 spiro atoms. The van der Waals surface area contributed by atoms with Crippen LogP contribution in [-0.2, 0) is 22.7 Å². The monoisotopic (exact) mass is 569 g/mol. The third-order valence-corrected chi connectivity index (χ3v) is 7.55. The minimum absolute atomic E-state index is 0.0251. The fourth-order valence-electron chi connectivity index (χ4n) is 5.07. The molecule has 0 radical (unpaired) electrons. The molecule has 0 bridgehead atoms. The highest BCUT2D eigenvalue weighted by atomic mass is 16.6. The summed E-state index contributed by atoms with van der Waals surface area (Å²) >= 11 is 0. The molecular formula is C31H35N7O4. The van der Waals surface area contributed by atoms with Crippen molar-refractivity contribution < 1.29 is 19.1 Å². The Morgan fingerprint density at radius 3 is 2.64 bits per heavy atom. The first kappa shape index (κ1) is 28.5. The van der Waals surface area contributed by atoms with Gasteiger partial charge >= 0.3 is 12.1 Å². The van der Waals surface area contributed by atoms with Crippen molar-refractivity contribution in [3.63, 3.8) is 0 Å². The van der Waals surface area contributed by atoms with Gasteiger partial charge in [0.2, 0.25) is 0 Å². The molecule has 3 heterocycles. The fourth-order valence-corrected chi connectivity index (χ4v) is 5.07. The molecule has 2 aromatic carbocycles. The van der Waals surface area contributed by atoms with E-state index in [1.54, 1.807) is 4.90 Å². The first-order chi connectivity index (χ1) is 20.3.